The minimum Gasteiger partial charge on any atom is -0.497 e. The van der Waals surface area contributed by atoms with Crippen LogP contribution in [0.3, 0.4) is 0 Å². The third-order valence-electron chi connectivity index (χ3n) is 5.05. The van der Waals surface area contributed by atoms with E-state index >= 15 is 0 Å². The number of carbonyl (C=O) groups is 2. The molecule has 3 aromatic carbocycles. The number of hydrogen-bond acceptors (Lipinski definition) is 7. The second kappa shape index (κ2) is 12.1. The number of carboxylic acid groups (broad SMARTS) is 1. The fourth-order valence-corrected chi connectivity index (χ4v) is 3.29. The van der Waals surface area contributed by atoms with E-state index in [1.54, 1.807) is 47.9 Å². The van der Waals surface area contributed by atoms with Crippen molar-refractivity contribution in [3.63, 3.8) is 0 Å². The lowest BCUT2D eigenvalue weighted by molar-refractivity contribution is -0.139. The summed E-state index contributed by atoms with van der Waals surface area (Å²) in [6.45, 7) is -0.298. The molecule has 0 saturated carbocycles. The summed E-state index contributed by atoms with van der Waals surface area (Å²) in [6.07, 6.45) is 0. The van der Waals surface area contributed by atoms with Crippen molar-refractivity contribution < 1.29 is 29.4 Å². The Morgan fingerprint density at radius 1 is 1.03 bits per heavy atom. The van der Waals surface area contributed by atoms with Gasteiger partial charge in [-0.2, -0.15) is 0 Å². The molecule has 0 spiro atoms. The van der Waals surface area contributed by atoms with Crippen LogP contribution in [0.25, 0.3) is 0 Å². The van der Waals surface area contributed by atoms with Crippen LogP contribution in [-0.4, -0.2) is 41.7 Å². The lowest BCUT2D eigenvalue weighted by Gasteiger charge is -2.23. The predicted octanol–water partition coefficient (Wildman–Crippen LogP) is 2.93. The molecule has 0 bridgehead atoms. The van der Waals surface area contributed by atoms with Gasteiger partial charge in [0.25, 0.3) is 0 Å². The van der Waals surface area contributed by atoms with Crippen molar-refractivity contribution >= 4 is 23.4 Å². The average Bonchev–Trinajstić information content (AvgIpc) is 2.89. The van der Waals surface area contributed by atoms with Gasteiger partial charge in [0.1, 0.15) is 23.4 Å². The first-order valence-corrected chi connectivity index (χ1v) is 10.6. The molecule has 1 atom stereocenters. The van der Waals surface area contributed by atoms with Gasteiger partial charge < -0.3 is 25.2 Å². The standard InChI is InChI=1S/C25H26N4O6/c1-34-19-11-12-21(35-15-22(30)31)20(13-19)23(25(32)27-14-16-5-3-2-4-6-16)28-18-9-7-17(8-10-18)24(26)29-33/h2-13,23,28,33H,14-15H2,1H3,(H2,26,29)(H,27,32)(H,30,31). The summed E-state index contributed by atoms with van der Waals surface area (Å²) in [5, 5.41) is 31.7. The van der Waals surface area contributed by atoms with Crippen molar-refractivity contribution in [1.29, 1.82) is 5.41 Å². The number of methoxy groups -OCH3 is 1. The van der Waals surface area contributed by atoms with Crippen molar-refractivity contribution in [3.05, 3.63) is 89.5 Å². The second-order valence-corrected chi connectivity index (χ2v) is 7.43. The van der Waals surface area contributed by atoms with E-state index in [1.165, 1.54) is 7.11 Å². The molecule has 0 aliphatic carbocycles. The van der Waals surface area contributed by atoms with Gasteiger partial charge in [0.05, 0.1) is 7.11 Å². The van der Waals surface area contributed by atoms with Crippen LogP contribution in [0.4, 0.5) is 5.69 Å². The molecule has 0 aliphatic heterocycles. The molecule has 0 radical (unpaired) electrons. The molecule has 3 aromatic rings. The summed E-state index contributed by atoms with van der Waals surface area (Å²) in [5.41, 5.74) is 4.06. The van der Waals surface area contributed by atoms with Gasteiger partial charge in [0.2, 0.25) is 5.91 Å². The molecule has 0 fully saturated rings. The fourth-order valence-electron chi connectivity index (χ4n) is 3.29. The highest BCUT2D eigenvalue weighted by Crippen LogP contribution is 2.32. The Morgan fingerprint density at radius 2 is 1.74 bits per heavy atom. The molecule has 1 unspecified atom stereocenters. The molecule has 182 valence electrons. The fraction of sp³-hybridized carbons (Fsp3) is 0.160. The number of anilines is 1. The van der Waals surface area contributed by atoms with Crippen molar-refractivity contribution in [2.24, 2.45) is 0 Å². The topological polar surface area (TPSA) is 153 Å². The van der Waals surface area contributed by atoms with E-state index in [1.807, 2.05) is 30.3 Å². The number of nitrogens with one attached hydrogen (secondary N) is 4. The normalized spacial score (nSPS) is 11.1. The molecule has 35 heavy (non-hydrogen) atoms. The maximum atomic E-state index is 13.4. The number of benzene rings is 3. The van der Waals surface area contributed by atoms with Gasteiger partial charge in [-0.05, 0) is 48.0 Å². The highest BCUT2D eigenvalue weighted by molar-refractivity contribution is 5.96. The van der Waals surface area contributed by atoms with Gasteiger partial charge in [-0.25, -0.2) is 4.79 Å². The Bertz CT molecular complexity index is 1170. The number of aliphatic carboxylic acids is 1. The van der Waals surface area contributed by atoms with Crippen LogP contribution in [-0.2, 0) is 16.1 Å². The van der Waals surface area contributed by atoms with Crippen LogP contribution in [0.5, 0.6) is 11.5 Å². The number of amidine groups is 1. The minimum absolute atomic E-state index is 0.175. The van der Waals surface area contributed by atoms with E-state index in [-0.39, 0.29) is 24.0 Å². The number of carbonyl (C=O) groups excluding carboxylic acids is 1. The SMILES string of the molecule is COc1ccc(OCC(=O)O)c(C(Nc2ccc(C(=N)NO)cc2)C(=O)NCc2ccccc2)c1. The van der Waals surface area contributed by atoms with E-state index in [9.17, 15) is 9.59 Å². The van der Waals surface area contributed by atoms with Gasteiger partial charge in [-0.1, -0.05) is 30.3 Å². The van der Waals surface area contributed by atoms with Crippen LogP contribution in [0.15, 0.2) is 72.8 Å². The maximum absolute atomic E-state index is 13.4. The van der Waals surface area contributed by atoms with Crippen molar-refractivity contribution in [1.82, 2.24) is 10.8 Å². The third-order valence-corrected chi connectivity index (χ3v) is 5.05. The Kier molecular flexibility index (Phi) is 8.63. The van der Waals surface area contributed by atoms with Crippen LogP contribution in [0.1, 0.15) is 22.7 Å². The summed E-state index contributed by atoms with van der Waals surface area (Å²) in [4.78, 5) is 24.5. The number of amides is 1. The molecular weight excluding hydrogens is 452 g/mol. The van der Waals surface area contributed by atoms with Crippen molar-refractivity contribution in [3.8, 4) is 11.5 Å². The maximum Gasteiger partial charge on any atom is 0.341 e. The van der Waals surface area contributed by atoms with Crippen LogP contribution < -0.4 is 25.6 Å². The molecule has 0 saturated heterocycles. The van der Waals surface area contributed by atoms with Gasteiger partial charge in [0.15, 0.2) is 6.61 Å². The number of hydroxylamine groups is 1. The number of carboxylic acids is 1. The highest BCUT2D eigenvalue weighted by Gasteiger charge is 2.25. The van der Waals surface area contributed by atoms with Crippen LogP contribution in [0.2, 0.25) is 0 Å². The molecule has 0 heterocycles. The first kappa shape index (κ1) is 25.1. The smallest absolute Gasteiger partial charge is 0.341 e. The van der Waals surface area contributed by atoms with E-state index in [0.29, 0.717) is 22.6 Å². The van der Waals surface area contributed by atoms with E-state index in [0.717, 1.165) is 5.56 Å². The summed E-state index contributed by atoms with van der Waals surface area (Å²) in [7, 11) is 1.48. The van der Waals surface area contributed by atoms with Gasteiger partial charge in [0, 0.05) is 23.4 Å². The number of rotatable bonds is 11. The quantitative estimate of drug-likeness (QED) is 0.140. The summed E-state index contributed by atoms with van der Waals surface area (Å²) >= 11 is 0. The summed E-state index contributed by atoms with van der Waals surface area (Å²) < 4.78 is 10.8. The molecule has 10 nitrogen and oxygen atoms in total. The van der Waals surface area contributed by atoms with E-state index < -0.39 is 18.6 Å². The molecule has 3 rings (SSSR count). The zero-order chi connectivity index (χ0) is 25.2. The summed E-state index contributed by atoms with van der Waals surface area (Å²) in [6, 6.07) is 19.7. The Balaban J connectivity index is 1.94. The summed E-state index contributed by atoms with van der Waals surface area (Å²) in [5.74, 6) is -1.03. The Labute approximate surface area is 202 Å². The van der Waals surface area contributed by atoms with Crippen LogP contribution >= 0.6 is 0 Å². The molecule has 1 amide bonds. The third kappa shape index (κ3) is 6.95. The molecule has 6 N–H and O–H groups in total. The van der Waals surface area contributed by atoms with Crippen LogP contribution in [0, 0.1) is 5.41 Å². The van der Waals surface area contributed by atoms with E-state index in [2.05, 4.69) is 10.6 Å². The first-order chi connectivity index (χ1) is 16.9. The van der Waals surface area contributed by atoms with Crippen molar-refractivity contribution in [2.45, 2.75) is 12.6 Å². The largest absolute Gasteiger partial charge is 0.497 e. The second-order valence-electron chi connectivity index (χ2n) is 7.43. The zero-order valence-electron chi connectivity index (χ0n) is 18.9. The minimum atomic E-state index is -1.15. The average molecular weight is 479 g/mol. The lowest BCUT2D eigenvalue weighted by atomic mass is 10.0. The van der Waals surface area contributed by atoms with Crippen molar-refractivity contribution in [2.75, 3.05) is 19.0 Å². The Morgan fingerprint density at radius 3 is 2.37 bits per heavy atom. The zero-order valence-corrected chi connectivity index (χ0v) is 18.9. The van der Waals surface area contributed by atoms with E-state index in [4.69, 9.17) is 25.2 Å². The molecule has 10 heteroatoms. The number of hydrogen-bond donors (Lipinski definition) is 6. The molecular formula is C25H26N4O6. The first-order valence-electron chi connectivity index (χ1n) is 10.6. The molecule has 0 aromatic heterocycles. The van der Waals surface area contributed by atoms with Gasteiger partial charge in [-0.15, -0.1) is 0 Å². The Hall–Kier alpha value is -4.57. The highest BCUT2D eigenvalue weighted by atomic mass is 16.5. The lowest BCUT2D eigenvalue weighted by Crippen LogP contribution is -2.33. The van der Waals surface area contributed by atoms with Gasteiger partial charge in [-0.3, -0.25) is 20.9 Å². The predicted molar refractivity (Wildman–Crippen MR) is 129 cm³/mol. The monoisotopic (exact) mass is 478 g/mol. The van der Waals surface area contributed by atoms with Gasteiger partial charge >= 0.3 is 5.97 Å². The number of ether oxygens (including phenoxy) is 2. The molecule has 0 aliphatic rings.